The molecule has 0 aliphatic heterocycles. The molecule has 0 bridgehead atoms. The molecule has 1 heterocycles. The molecule has 1 aromatic rings. The lowest BCUT2D eigenvalue weighted by Crippen LogP contribution is -2.12. The molecule has 5 nitrogen and oxygen atoms in total. The zero-order valence-electron chi connectivity index (χ0n) is 10.7. The largest absolute Gasteiger partial charge is 0.448 e. The fourth-order valence-corrected chi connectivity index (χ4v) is 1.23. The van der Waals surface area contributed by atoms with Crippen molar-refractivity contribution in [2.24, 2.45) is 0 Å². The van der Waals surface area contributed by atoms with Crippen LogP contribution in [0.15, 0.2) is 10.7 Å². The van der Waals surface area contributed by atoms with Crippen molar-refractivity contribution in [1.29, 1.82) is 0 Å². The minimum Gasteiger partial charge on any atom is -0.448 e. The Labute approximate surface area is 103 Å². The molecule has 1 N–H and O–H groups in total. The number of aromatic nitrogens is 1. The SMILES string of the molecule is CCCCOCCOc1nc(CNCC)co1. The minimum absolute atomic E-state index is 0.317. The van der Waals surface area contributed by atoms with Crippen LogP contribution in [0.4, 0.5) is 0 Å². The summed E-state index contributed by atoms with van der Waals surface area (Å²) in [7, 11) is 0. The monoisotopic (exact) mass is 242 g/mol. The molecule has 0 unspecified atom stereocenters. The van der Waals surface area contributed by atoms with Gasteiger partial charge in [0, 0.05) is 13.2 Å². The fourth-order valence-electron chi connectivity index (χ4n) is 1.23. The second-order valence-electron chi connectivity index (χ2n) is 3.70. The van der Waals surface area contributed by atoms with Gasteiger partial charge in [0.25, 0.3) is 0 Å². The number of hydrogen-bond donors (Lipinski definition) is 1. The Balaban J connectivity index is 2.08. The summed E-state index contributed by atoms with van der Waals surface area (Å²) in [4.78, 5) is 4.17. The van der Waals surface area contributed by atoms with Crippen LogP contribution in [0.2, 0.25) is 0 Å². The first-order valence-electron chi connectivity index (χ1n) is 6.22. The number of ether oxygens (including phenoxy) is 2. The van der Waals surface area contributed by atoms with Crippen molar-refractivity contribution >= 4 is 0 Å². The maximum absolute atomic E-state index is 5.36. The highest BCUT2D eigenvalue weighted by molar-refractivity contribution is 4.99. The number of unbranched alkanes of at least 4 members (excludes halogenated alkanes) is 1. The second kappa shape index (κ2) is 9.01. The lowest BCUT2D eigenvalue weighted by molar-refractivity contribution is 0.0864. The van der Waals surface area contributed by atoms with Gasteiger partial charge >= 0.3 is 6.08 Å². The zero-order valence-corrected chi connectivity index (χ0v) is 10.7. The first-order chi connectivity index (χ1) is 8.36. The third-order valence-corrected chi connectivity index (χ3v) is 2.18. The van der Waals surface area contributed by atoms with Gasteiger partial charge in [-0.2, -0.15) is 4.98 Å². The highest BCUT2D eigenvalue weighted by Crippen LogP contribution is 2.09. The maximum Gasteiger partial charge on any atom is 0.393 e. The lowest BCUT2D eigenvalue weighted by atomic mass is 10.4. The molecule has 5 heteroatoms. The summed E-state index contributed by atoms with van der Waals surface area (Å²) in [5, 5.41) is 3.17. The van der Waals surface area contributed by atoms with Crippen molar-refractivity contribution in [2.75, 3.05) is 26.4 Å². The van der Waals surface area contributed by atoms with E-state index in [1.165, 1.54) is 0 Å². The van der Waals surface area contributed by atoms with Gasteiger partial charge in [-0.1, -0.05) is 20.3 Å². The number of nitrogens with one attached hydrogen (secondary N) is 1. The molecule has 0 aliphatic carbocycles. The number of rotatable bonds is 10. The van der Waals surface area contributed by atoms with Crippen molar-refractivity contribution in [1.82, 2.24) is 10.3 Å². The Hall–Kier alpha value is -1.07. The summed E-state index contributed by atoms with van der Waals surface area (Å²) in [6.07, 6.45) is 4.16. The molecule has 0 saturated heterocycles. The maximum atomic E-state index is 5.36. The summed E-state index contributed by atoms with van der Waals surface area (Å²) < 4.78 is 15.8. The van der Waals surface area contributed by atoms with Gasteiger partial charge in [0.05, 0.1) is 12.3 Å². The minimum atomic E-state index is 0.317. The second-order valence-corrected chi connectivity index (χ2v) is 3.70. The topological polar surface area (TPSA) is 56.5 Å². The van der Waals surface area contributed by atoms with E-state index in [2.05, 4.69) is 17.2 Å². The van der Waals surface area contributed by atoms with E-state index in [0.717, 1.165) is 31.7 Å². The van der Waals surface area contributed by atoms with Gasteiger partial charge in [-0.3, -0.25) is 0 Å². The van der Waals surface area contributed by atoms with Crippen molar-refractivity contribution < 1.29 is 13.9 Å². The summed E-state index contributed by atoms with van der Waals surface area (Å²) >= 11 is 0. The number of oxazole rings is 1. The summed E-state index contributed by atoms with van der Waals surface area (Å²) in [6.45, 7) is 7.64. The van der Waals surface area contributed by atoms with Crippen LogP contribution in [0.5, 0.6) is 6.08 Å². The van der Waals surface area contributed by atoms with Crippen molar-refractivity contribution in [3.8, 4) is 6.08 Å². The molecule has 0 aliphatic rings. The Kier molecular flexibility index (Phi) is 7.42. The third-order valence-electron chi connectivity index (χ3n) is 2.18. The molecule has 0 atom stereocenters. The van der Waals surface area contributed by atoms with Crippen molar-refractivity contribution in [2.45, 2.75) is 33.2 Å². The van der Waals surface area contributed by atoms with Crippen molar-refractivity contribution in [3.63, 3.8) is 0 Å². The van der Waals surface area contributed by atoms with Crippen LogP contribution in [0, 0.1) is 0 Å². The molecule has 0 amide bonds. The average molecular weight is 242 g/mol. The van der Waals surface area contributed by atoms with E-state index in [0.29, 0.717) is 25.8 Å². The Bertz CT molecular complexity index is 289. The van der Waals surface area contributed by atoms with Crippen LogP contribution in [-0.4, -0.2) is 31.3 Å². The van der Waals surface area contributed by atoms with Gasteiger partial charge in [-0.05, 0) is 13.0 Å². The molecular weight excluding hydrogens is 220 g/mol. The van der Waals surface area contributed by atoms with Crippen molar-refractivity contribution in [3.05, 3.63) is 12.0 Å². The predicted molar refractivity (Wildman–Crippen MR) is 65.1 cm³/mol. The van der Waals surface area contributed by atoms with E-state index >= 15 is 0 Å². The first kappa shape index (κ1) is 14.0. The fraction of sp³-hybridized carbons (Fsp3) is 0.750. The first-order valence-corrected chi connectivity index (χ1v) is 6.22. The highest BCUT2D eigenvalue weighted by atomic mass is 16.6. The molecule has 0 saturated carbocycles. The normalized spacial score (nSPS) is 10.7. The van der Waals surface area contributed by atoms with Gasteiger partial charge in [0.15, 0.2) is 0 Å². The molecule has 0 spiro atoms. The molecule has 98 valence electrons. The number of hydrogen-bond acceptors (Lipinski definition) is 5. The standard InChI is InChI=1S/C12H22N2O3/c1-3-5-6-15-7-8-16-12-14-11(10-17-12)9-13-4-2/h10,13H,3-9H2,1-2H3. The zero-order chi connectivity index (χ0) is 12.3. The van der Waals surface area contributed by atoms with Gasteiger partial charge in [0.2, 0.25) is 0 Å². The number of nitrogens with zero attached hydrogens (tertiary/aromatic N) is 1. The van der Waals surface area contributed by atoms with E-state index in [9.17, 15) is 0 Å². The summed E-state index contributed by atoms with van der Waals surface area (Å²) in [5.41, 5.74) is 0.855. The van der Waals surface area contributed by atoms with E-state index in [1.807, 2.05) is 6.92 Å². The van der Waals surface area contributed by atoms with Crippen LogP contribution in [0.1, 0.15) is 32.4 Å². The van der Waals surface area contributed by atoms with Crippen LogP contribution in [0.25, 0.3) is 0 Å². The summed E-state index contributed by atoms with van der Waals surface area (Å²) in [5.74, 6) is 0. The molecular formula is C12H22N2O3. The molecule has 0 aromatic carbocycles. The molecule has 0 fully saturated rings. The van der Waals surface area contributed by atoms with Crippen LogP contribution < -0.4 is 10.1 Å². The average Bonchev–Trinajstić information content (AvgIpc) is 2.79. The summed E-state index contributed by atoms with van der Waals surface area (Å²) in [6, 6.07) is 0. The quantitative estimate of drug-likeness (QED) is 0.636. The van der Waals surface area contributed by atoms with Crippen LogP contribution in [-0.2, 0) is 11.3 Å². The molecule has 17 heavy (non-hydrogen) atoms. The van der Waals surface area contributed by atoms with E-state index < -0.39 is 0 Å². The lowest BCUT2D eigenvalue weighted by Gasteiger charge is -2.02. The smallest absolute Gasteiger partial charge is 0.393 e. The Morgan fingerprint density at radius 1 is 1.29 bits per heavy atom. The Morgan fingerprint density at radius 3 is 2.94 bits per heavy atom. The van der Waals surface area contributed by atoms with Gasteiger partial charge in [-0.15, -0.1) is 0 Å². The van der Waals surface area contributed by atoms with Gasteiger partial charge in [-0.25, -0.2) is 0 Å². The van der Waals surface area contributed by atoms with E-state index in [1.54, 1.807) is 6.26 Å². The third kappa shape index (κ3) is 6.28. The van der Waals surface area contributed by atoms with E-state index in [-0.39, 0.29) is 0 Å². The van der Waals surface area contributed by atoms with Gasteiger partial charge in [0.1, 0.15) is 12.9 Å². The Morgan fingerprint density at radius 2 is 2.18 bits per heavy atom. The molecule has 0 radical (unpaired) electrons. The predicted octanol–water partition coefficient (Wildman–Crippen LogP) is 1.98. The molecule has 1 rings (SSSR count). The van der Waals surface area contributed by atoms with Crippen LogP contribution in [0.3, 0.4) is 0 Å². The highest BCUT2D eigenvalue weighted by Gasteiger charge is 2.03. The van der Waals surface area contributed by atoms with Gasteiger partial charge < -0.3 is 19.2 Å². The van der Waals surface area contributed by atoms with E-state index in [4.69, 9.17) is 13.9 Å². The van der Waals surface area contributed by atoms with Crippen LogP contribution >= 0.6 is 0 Å². The molecule has 1 aromatic heterocycles.